The van der Waals surface area contributed by atoms with Crippen molar-refractivity contribution in [3.8, 4) is 6.07 Å². The van der Waals surface area contributed by atoms with Gasteiger partial charge < -0.3 is 5.32 Å². The van der Waals surface area contributed by atoms with Gasteiger partial charge in [-0.3, -0.25) is 4.90 Å². The zero-order valence-corrected chi connectivity index (χ0v) is 10.00. The van der Waals surface area contributed by atoms with Gasteiger partial charge in [0.05, 0.1) is 6.07 Å². The largest absolute Gasteiger partial charge is 0.311 e. The number of hydrogen-bond acceptors (Lipinski definition) is 3. The fraction of sp³-hybridized carbons (Fsp3) is 0.917. The lowest BCUT2D eigenvalue weighted by molar-refractivity contribution is 0.124. The number of piperazine rings is 1. The van der Waals surface area contributed by atoms with Gasteiger partial charge in [0.25, 0.3) is 0 Å². The van der Waals surface area contributed by atoms with Gasteiger partial charge in [-0.15, -0.1) is 0 Å². The summed E-state index contributed by atoms with van der Waals surface area (Å²) < 4.78 is 0. The maximum Gasteiger partial charge on any atom is 0.0622 e. The fourth-order valence-electron chi connectivity index (χ4n) is 2.24. The van der Waals surface area contributed by atoms with Crippen molar-refractivity contribution in [3.63, 3.8) is 0 Å². The topological polar surface area (TPSA) is 39.1 Å². The summed E-state index contributed by atoms with van der Waals surface area (Å²) in [6.07, 6.45) is 4.11. The molecule has 0 aliphatic carbocycles. The predicted molar refractivity (Wildman–Crippen MR) is 62.6 cm³/mol. The van der Waals surface area contributed by atoms with Crippen molar-refractivity contribution in [2.45, 2.75) is 51.6 Å². The zero-order valence-electron chi connectivity index (χ0n) is 10.00. The third kappa shape index (κ3) is 3.81. The molecule has 1 fully saturated rings. The van der Waals surface area contributed by atoms with Crippen molar-refractivity contribution in [3.05, 3.63) is 0 Å². The lowest BCUT2D eigenvalue weighted by atomic mass is 10.0. The van der Waals surface area contributed by atoms with Crippen LogP contribution in [0.4, 0.5) is 0 Å². The van der Waals surface area contributed by atoms with Gasteiger partial charge in [0.15, 0.2) is 0 Å². The lowest BCUT2D eigenvalue weighted by Crippen LogP contribution is -2.56. The molecule has 2 unspecified atom stereocenters. The van der Waals surface area contributed by atoms with Gasteiger partial charge in [0.1, 0.15) is 0 Å². The normalized spacial score (nSPS) is 27.5. The highest BCUT2D eigenvalue weighted by atomic mass is 15.2. The lowest BCUT2D eigenvalue weighted by Gasteiger charge is -2.40. The minimum Gasteiger partial charge on any atom is -0.311 e. The smallest absolute Gasteiger partial charge is 0.0622 e. The van der Waals surface area contributed by atoms with Crippen molar-refractivity contribution in [1.29, 1.82) is 5.26 Å². The van der Waals surface area contributed by atoms with Gasteiger partial charge in [-0.1, -0.05) is 13.8 Å². The minimum atomic E-state index is 0.648. The van der Waals surface area contributed by atoms with Crippen molar-refractivity contribution in [2.75, 3.05) is 19.6 Å². The Morgan fingerprint density at radius 1 is 1.40 bits per heavy atom. The summed E-state index contributed by atoms with van der Waals surface area (Å²) in [6.45, 7) is 7.83. The van der Waals surface area contributed by atoms with Crippen LogP contribution < -0.4 is 5.32 Å². The molecule has 1 aliphatic rings. The zero-order chi connectivity index (χ0) is 11.1. The maximum absolute atomic E-state index is 8.54. The molecule has 1 aliphatic heterocycles. The van der Waals surface area contributed by atoms with E-state index in [1.807, 2.05) is 0 Å². The first-order chi connectivity index (χ1) is 7.31. The number of nitriles is 1. The highest BCUT2D eigenvalue weighted by Crippen LogP contribution is 2.12. The van der Waals surface area contributed by atoms with Gasteiger partial charge >= 0.3 is 0 Å². The first-order valence-corrected chi connectivity index (χ1v) is 6.16. The maximum atomic E-state index is 8.54. The van der Waals surface area contributed by atoms with Crippen molar-refractivity contribution in [1.82, 2.24) is 10.2 Å². The molecule has 1 heterocycles. The Morgan fingerprint density at radius 3 is 2.80 bits per heavy atom. The highest BCUT2D eigenvalue weighted by molar-refractivity contribution is 4.85. The average molecular weight is 209 g/mol. The van der Waals surface area contributed by atoms with Crippen molar-refractivity contribution in [2.24, 2.45) is 0 Å². The average Bonchev–Trinajstić information content (AvgIpc) is 2.29. The van der Waals surface area contributed by atoms with Crippen LogP contribution in [-0.2, 0) is 0 Å². The second-order valence-electron chi connectivity index (χ2n) is 4.33. The Hall–Kier alpha value is -0.590. The third-order valence-corrected chi connectivity index (χ3v) is 3.31. The Labute approximate surface area is 93.5 Å². The van der Waals surface area contributed by atoms with E-state index in [0.29, 0.717) is 18.5 Å². The van der Waals surface area contributed by atoms with Crippen molar-refractivity contribution < 1.29 is 0 Å². The van der Waals surface area contributed by atoms with Crippen LogP contribution in [0.2, 0.25) is 0 Å². The molecule has 0 spiro atoms. The summed E-state index contributed by atoms with van der Waals surface area (Å²) in [5.41, 5.74) is 0. The van der Waals surface area contributed by atoms with Gasteiger partial charge in [0, 0.05) is 31.6 Å². The Morgan fingerprint density at radius 2 is 2.20 bits per heavy atom. The van der Waals surface area contributed by atoms with Gasteiger partial charge in [0.2, 0.25) is 0 Å². The monoisotopic (exact) mass is 209 g/mol. The van der Waals surface area contributed by atoms with Crippen LogP contribution in [-0.4, -0.2) is 36.6 Å². The summed E-state index contributed by atoms with van der Waals surface area (Å²) in [5, 5.41) is 12.1. The summed E-state index contributed by atoms with van der Waals surface area (Å²) in [6, 6.07) is 3.54. The second kappa shape index (κ2) is 6.81. The number of rotatable bonds is 5. The Bertz CT molecular complexity index is 209. The van der Waals surface area contributed by atoms with Gasteiger partial charge in [-0.05, 0) is 25.8 Å². The number of unbranched alkanes of at least 4 members (excludes halogenated alkanes) is 1. The molecule has 0 bridgehead atoms. The Balaban J connectivity index is 2.37. The SMILES string of the molecule is CCC1CN(CCCC#N)C(CC)CN1. The number of hydrogen-bond donors (Lipinski definition) is 1. The molecule has 3 nitrogen and oxygen atoms in total. The van der Waals surface area contributed by atoms with Crippen LogP contribution in [0.3, 0.4) is 0 Å². The first kappa shape index (κ1) is 12.5. The van der Waals surface area contributed by atoms with Crippen LogP contribution in [0.15, 0.2) is 0 Å². The standard InChI is InChI=1S/C12H23N3/c1-3-11-10-15(8-6-5-7-13)12(4-2)9-14-11/h11-12,14H,3-6,8-10H2,1-2H3. The quantitative estimate of drug-likeness (QED) is 0.701. The predicted octanol–water partition coefficient (Wildman–Crippen LogP) is 1.75. The molecule has 0 aromatic carbocycles. The molecule has 86 valence electrons. The molecule has 15 heavy (non-hydrogen) atoms. The molecule has 1 rings (SSSR count). The molecule has 1 N–H and O–H groups in total. The second-order valence-corrected chi connectivity index (χ2v) is 4.33. The first-order valence-electron chi connectivity index (χ1n) is 6.16. The van der Waals surface area contributed by atoms with E-state index < -0.39 is 0 Å². The summed E-state index contributed by atoms with van der Waals surface area (Å²) in [7, 11) is 0. The van der Waals surface area contributed by atoms with Crippen LogP contribution >= 0.6 is 0 Å². The molecule has 0 aromatic heterocycles. The summed E-state index contributed by atoms with van der Waals surface area (Å²) in [4.78, 5) is 2.56. The highest BCUT2D eigenvalue weighted by Gasteiger charge is 2.24. The van der Waals surface area contributed by atoms with E-state index in [1.165, 1.54) is 12.8 Å². The molecule has 0 amide bonds. The third-order valence-electron chi connectivity index (χ3n) is 3.31. The van der Waals surface area contributed by atoms with Crippen LogP contribution in [0.25, 0.3) is 0 Å². The van der Waals surface area contributed by atoms with Crippen LogP contribution in [0, 0.1) is 11.3 Å². The molecule has 3 heteroatoms. The summed E-state index contributed by atoms with van der Waals surface area (Å²) >= 11 is 0. The fourth-order valence-corrected chi connectivity index (χ4v) is 2.24. The van der Waals surface area contributed by atoms with E-state index in [9.17, 15) is 0 Å². The van der Waals surface area contributed by atoms with E-state index in [1.54, 1.807) is 0 Å². The van der Waals surface area contributed by atoms with Gasteiger partial charge in [-0.2, -0.15) is 5.26 Å². The number of nitrogens with zero attached hydrogens (tertiary/aromatic N) is 2. The number of nitrogens with one attached hydrogen (secondary N) is 1. The van der Waals surface area contributed by atoms with E-state index in [4.69, 9.17) is 5.26 Å². The van der Waals surface area contributed by atoms with E-state index in [0.717, 1.165) is 26.1 Å². The van der Waals surface area contributed by atoms with Crippen molar-refractivity contribution >= 4 is 0 Å². The Kier molecular flexibility index (Phi) is 5.67. The molecular weight excluding hydrogens is 186 g/mol. The van der Waals surface area contributed by atoms with Gasteiger partial charge in [-0.25, -0.2) is 0 Å². The van der Waals surface area contributed by atoms with E-state index in [-0.39, 0.29) is 0 Å². The van der Waals surface area contributed by atoms with E-state index in [2.05, 4.69) is 30.1 Å². The molecule has 0 saturated carbocycles. The molecule has 0 aromatic rings. The molecule has 0 radical (unpaired) electrons. The minimum absolute atomic E-state index is 0.648. The van der Waals surface area contributed by atoms with Crippen LogP contribution in [0.1, 0.15) is 39.5 Å². The molecule has 2 atom stereocenters. The van der Waals surface area contributed by atoms with Crippen LogP contribution in [0.5, 0.6) is 0 Å². The molecular formula is C12H23N3. The summed E-state index contributed by atoms with van der Waals surface area (Å²) in [5.74, 6) is 0. The molecule has 1 saturated heterocycles. The van der Waals surface area contributed by atoms with E-state index >= 15 is 0 Å².